The Morgan fingerprint density at radius 2 is 2.16 bits per heavy atom. The number of carbonyl (C=O) groups excluding carboxylic acids is 2. The van der Waals surface area contributed by atoms with Crippen LogP contribution >= 0.6 is 0 Å². The van der Waals surface area contributed by atoms with Crippen molar-refractivity contribution >= 4 is 11.6 Å². The maximum atomic E-state index is 12.4. The van der Waals surface area contributed by atoms with Crippen molar-refractivity contribution in [3.63, 3.8) is 0 Å². The smallest absolute Gasteiger partial charge is 0.161 e. The van der Waals surface area contributed by atoms with Crippen molar-refractivity contribution in [2.24, 2.45) is 34.5 Å². The second-order valence-electron chi connectivity index (χ2n) is 9.43. The number of hydrogen-bond donors (Lipinski definition) is 1. The summed E-state index contributed by atoms with van der Waals surface area (Å²) in [6.07, 6.45) is 8.93. The van der Waals surface area contributed by atoms with Crippen LogP contribution in [0, 0.1) is 34.5 Å². The molecular formula is C21H28O4. The van der Waals surface area contributed by atoms with Gasteiger partial charge in [-0.25, -0.2) is 0 Å². The number of fused-ring (bicyclic) bond motifs is 6. The molecule has 1 spiro atoms. The molecule has 5 rings (SSSR count). The molecule has 0 aromatic heterocycles. The van der Waals surface area contributed by atoms with Gasteiger partial charge in [-0.3, -0.25) is 9.59 Å². The van der Waals surface area contributed by atoms with Crippen molar-refractivity contribution in [1.82, 2.24) is 0 Å². The summed E-state index contributed by atoms with van der Waals surface area (Å²) >= 11 is 0. The van der Waals surface area contributed by atoms with Gasteiger partial charge in [-0.2, -0.15) is 0 Å². The van der Waals surface area contributed by atoms with E-state index in [0.29, 0.717) is 30.8 Å². The number of allylic oxidation sites excluding steroid dienone is 1. The fourth-order valence-electron chi connectivity index (χ4n) is 7.72. The van der Waals surface area contributed by atoms with Gasteiger partial charge < -0.3 is 9.84 Å². The molecule has 4 heteroatoms. The highest BCUT2D eigenvalue weighted by Crippen LogP contribution is 2.69. The predicted octanol–water partition coefficient (Wildman–Crippen LogP) is 2.68. The van der Waals surface area contributed by atoms with E-state index in [4.69, 9.17) is 4.74 Å². The van der Waals surface area contributed by atoms with E-state index >= 15 is 0 Å². The average molecular weight is 344 g/mol. The minimum absolute atomic E-state index is 0.00821. The van der Waals surface area contributed by atoms with Gasteiger partial charge in [-0.15, -0.1) is 0 Å². The Balaban J connectivity index is 1.54. The SMILES string of the molecule is C[C@]12CCC(=O)C=C1CC[C@@H]1C2[C@@H]2CC3(CO2)[C@@H](C(=O)CO)CC[C@@H]13. The Morgan fingerprint density at radius 3 is 2.96 bits per heavy atom. The molecular weight excluding hydrogens is 316 g/mol. The summed E-state index contributed by atoms with van der Waals surface area (Å²) in [6.45, 7) is 2.73. The molecule has 25 heavy (non-hydrogen) atoms. The third-order valence-corrected chi connectivity index (χ3v) is 8.71. The van der Waals surface area contributed by atoms with Crippen LogP contribution in [0.25, 0.3) is 0 Å². The second-order valence-corrected chi connectivity index (χ2v) is 9.43. The van der Waals surface area contributed by atoms with Crippen molar-refractivity contribution in [3.8, 4) is 0 Å². The fraction of sp³-hybridized carbons (Fsp3) is 0.810. The lowest BCUT2D eigenvalue weighted by molar-refractivity contribution is -0.131. The summed E-state index contributed by atoms with van der Waals surface area (Å²) in [5, 5.41) is 9.43. The number of aliphatic hydroxyl groups excluding tert-OH is 1. The number of Topliss-reactive ketones (excluding diaryl/α,β-unsaturated/α-hetero) is 1. The van der Waals surface area contributed by atoms with Crippen LogP contribution < -0.4 is 0 Å². The summed E-state index contributed by atoms with van der Waals surface area (Å²) < 4.78 is 6.37. The van der Waals surface area contributed by atoms with E-state index in [2.05, 4.69) is 6.92 Å². The quantitative estimate of drug-likeness (QED) is 0.836. The molecule has 7 atom stereocenters. The lowest BCUT2D eigenvalue weighted by Gasteiger charge is -2.57. The van der Waals surface area contributed by atoms with Gasteiger partial charge in [0.2, 0.25) is 0 Å². The van der Waals surface area contributed by atoms with Crippen LogP contribution in [-0.2, 0) is 14.3 Å². The Labute approximate surface area is 149 Å². The van der Waals surface area contributed by atoms with Crippen LogP contribution in [-0.4, -0.2) is 36.0 Å². The van der Waals surface area contributed by atoms with Crippen LogP contribution in [0.1, 0.15) is 51.9 Å². The van der Waals surface area contributed by atoms with Crippen molar-refractivity contribution in [2.75, 3.05) is 13.2 Å². The molecule has 0 aromatic carbocycles. The Hall–Kier alpha value is -1.00. The molecule has 3 saturated carbocycles. The van der Waals surface area contributed by atoms with Crippen LogP contribution in [0.15, 0.2) is 11.6 Å². The third kappa shape index (κ3) is 1.96. The fourth-order valence-corrected chi connectivity index (χ4v) is 7.72. The number of ketones is 2. The van der Waals surface area contributed by atoms with Crippen molar-refractivity contribution in [1.29, 1.82) is 0 Å². The standard InChI is InChI=1S/C21H28O4/c1-20-7-6-13(23)8-12(20)2-3-14-15-4-5-16(17(24)10-22)21(15)9-18(19(14)20)25-11-21/h8,14-16,18-19,22H,2-7,9-11H2,1H3/t14-,15-,16+,18-,19?,20-,21?/m0/s1. The van der Waals surface area contributed by atoms with Crippen LogP contribution in [0.4, 0.5) is 0 Å². The summed E-state index contributed by atoms with van der Waals surface area (Å²) in [5.74, 6) is 1.95. The Morgan fingerprint density at radius 1 is 1.32 bits per heavy atom. The van der Waals surface area contributed by atoms with Crippen LogP contribution in [0.5, 0.6) is 0 Å². The van der Waals surface area contributed by atoms with Gasteiger partial charge in [0, 0.05) is 17.8 Å². The van der Waals surface area contributed by atoms with E-state index in [1.165, 1.54) is 5.57 Å². The summed E-state index contributed by atoms with van der Waals surface area (Å²) in [4.78, 5) is 24.3. The largest absolute Gasteiger partial charge is 0.389 e. The molecule has 1 saturated heterocycles. The number of ether oxygens (including phenoxy) is 1. The van der Waals surface area contributed by atoms with Crippen molar-refractivity contribution < 1.29 is 19.4 Å². The normalized spacial score (nSPS) is 50.7. The van der Waals surface area contributed by atoms with E-state index in [0.717, 1.165) is 38.5 Å². The van der Waals surface area contributed by atoms with Gasteiger partial charge >= 0.3 is 0 Å². The first-order valence-electron chi connectivity index (χ1n) is 9.99. The zero-order valence-electron chi connectivity index (χ0n) is 15.0. The highest BCUT2D eigenvalue weighted by molar-refractivity contribution is 5.91. The van der Waals surface area contributed by atoms with Gasteiger partial charge in [0.25, 0.3) is 0 Å². The maximum Gasteiger partial charge on any atom is 0.161 e. The number of hydrogen-bond acceptors (Lipinski definition) is 4. The first kappa shape index (κ1) is 16.2. The van der Waals surface area contributed by atoms with E-state index in [-0.39, 0.29) is 41.0 Å². The van der Waals surface area contributed by atoms with Gasteiger partial charge in [-0.05, 0) is 67.8 Å². The molecule has 0 amide bonds. The van der Waals surface area contributed by atoms with Crippen LogP contribution in [0.3, 0.4) is 0 Å². The van der Waals surface area contributed by atoms with Gasteiger partial charge in [0.05, 0.1) is 12.7 Å². The minimum Gasteiger partial charge on any atom is -0.389 e. The zero-order chi connectivity index (χ0) is 17.4. The summed E-state index contributed by atoms with van der Waals surface area (Å²) in [6, 6.07) is 0. The molecule has 0 radical (unpaired) electrons. The summed E-state index contributed by atoms with van der Waals surface area (Å²) in [7, 11) is 0. The molecule has 4 nitrogen and oxygen atoms in total. The molecule has 2 bridgehead atoms. The molecule has 5 aliphatic rings. The number of carbonyl (C=O) groups is 2. The first-order valence-corrected chi connectivity index (χ1v) is 9.99. The highest BCUT2D eigenvalue weighted by Gasteiger charge is 2.67. The highest BCUT2D eigenvalue weighted by atomic mass is 16.5. The van der Waals surface area contributed by atoms with Gasteiger partial charge in [0.1, 0.15) is 6.61 Å². The topological polar surface area (TPSA) is 63.6 Å². The predicted molar refractivity (Wildman–Crippen MR) is 91.7 cm³/mol. The molecule has 1 heterocycles. The lowest BCUT2D eigenvalue weighted by atomic mass is 9.46. The maximum absolute atomic E-state index is 12.4. The Kier molecular flexibility index (Phi) is 3.41. The molecule has 4 fully saturated rings. The monoisotopic (exact) mass is 344 g/mol. The lowest BCUT2D eigenvalue weighted by Crippen LogP contribution is -2.54. The van der Waals surface area contributed by atoms with Crippen molar-refractivity contribution in [2.45, 2.75) is 58.0 Å². The molecule has 0 aromatic rings. The van der Waals surface area contributed by atoms with E-state index in [1.54, 1.807) is 0 Å². The molecule has 2 unspecified atom stereocenters. The minimum atomic E-state index is -0.329. The van der Waals surface area contributed by atoms with E-state index in [1.807, 2.05) is 6.08 Å². The van der Waals surface area contributed by atoms with E-state index < -0.39 is 0 Å². The Bertz CT molecular complexity index is 667. The number of aliphatic hydroxyl groups is 1. The van der Waals surface area contributed by atoms with Crippen LogP contribution in [0.2, 0.25) is 0 Å². The zero-order valence-corrected chi connectivity index (χ0v) is 15.0. The molecule has 136 valence electrons. The van der Waals surface area contributed by atoms with Gasteiger partial charge in [-0.1, -0.05) is 12.5 Å². The second kappa shape index (κ2) is 5.26. The molecule has 4 aliphatic carbocycles. The van der Waals surface area contributed by atoms with E-state index in [9.17, 15) is 14.7 Å². The summed E-state index contributed by atoms with van der Waals surface area (Å²) in [5.41, 5.74) is 1.43. The average Bonchev–Trinajstić information content (AvgIpc) is 3.17. The first-order chi connectivity index (χ1) is 12.0. The molecule has 1 aliphatic heterocycles. The molecule has 1 N–H and O–H groups in total. The number of rotatable bonds is 2. The van der Waals surface area contributed by atoms with Gasteiger partial charge in [0.15, 0.2) is 11.6 Å². The third-order valence-electron chi connectivity index (χ3n) is 8.71. The van der Waals surface area contributed by atoms with Crippen molar-refractivity contribution in [3.05, 3.63) is 11.6 Å².